The number of hydrogen-bond donors (Lipinski definition) is 1. The lowest BCUT2D eigenvalue weighted by Gasteiger charge is -2.05. The van der Waals surface area contributed by atoms with E-state index < -0.39 is 10.6 Å². The van der Waals surface area contributed by atoms with Crippen molar-refractivity contribution < 1.29 is 10.0 Å². The molecular formula is C29H23N7O4. The summed E-state index contributed by atoms with van der Waals surface area (Å²) in [5, 5.41) is 20.6. The number of nitrogens with zero attached hydrogens (tertiary/aromatic N) is 7. The monoisotopic (exact) mass is 533 g/mol. The number of aryl methyl sites for hydroxylation is 1. The van der Waals surface area contributed by atoms with Gasteiger partial charge in [-0.25, -0.2) is 19.7 Å². The number of aliphatic hydroxyl groups excluding tert-OH is 1. The number of rotatable bonds is 7. The molecule has 1 N–H and O–H groups in total. The number of imidazole rings is 2. The minimum atomic E-state index is -0.469. The van der Waals surface area contributed by atoms with Gasteiger partial charge in [-0.05, 0) is 35.7 Å². The Labute approximate surface area is 227 Å². The van der Waals surface area contributed by atoms with Crippen LogP contribution >= 0.6 is 0 Å². The van der Waals surface area contributed by atoms with Gasteiger partial charge >= 0.3 is 5.69 Å². The zero-order chi connectivity index (χ0) is 27.8. The molecule has 3 heterocycles. The largest absolute Gasteiger partial charge is 0.392 e. The lowest BCUT2D eigenvalue weighted by molar-refractivity contribution is -0.384. The molecule has 0 saturated carbocycles. The topological polar surface area (TPSA) is 142 Å². The molecule has 2 aliphatic heterocycles. The fourth-order valence-corrected chi connectivity index (χ4v) is 4.52. The van der Waals surface area contributed by atoms with Crippen molar-refractivity contribution in [2.45, 2.75) is 26.6 Å². The highest BCUT2D eigenvalue weighted by Crippen LogP contribution is 2.28. The lowest BCUT2D eigenvalue weighted by Crippen LogP contribution is -2.18. The number of hydrogen-bond acceptors (Lipinski definition) is 8. The van der Waals surface area contributed by atoms with Crippen LogP contribution in [0.2, 0.25) is 0 Å². The average Bonchev–Trinajstić information content (AvgIpc) is 3.44. The van der Waals surface area contributed by atoms with Crippen molar-refractivity contribution in [3.63, 3.8) is 0 Å². The summed E-state index contributed by atoms with van der Waals surface area (Å²) in [6.45, 7) is 2.63. The van der Waals surface area contributed by atoms with Crippen molar-refractivity contribution >= 4 is 16.9 Å². The normalized spacial score (nSPS) is 11.3. The maximum absolute atomic E-state index is 13.1. The van der Waals surface area contributed by atoms with E-state index in [0.29, 0.717) is 34.8 Å². The van der Waals surface area contributed by atoms with Gasteiger partial charge in [0.25, 0.3) is 5.69 Å². The van der Waals surface area contributed by atoms with Gasteiger partial charge in [-0.1, -0.05) is 54.1 Å². The van der Waals surface area contributed by atoms with Crippen LogP contribution in [0, 0.1) is 17.0 Å². The second kappa shape index (κ2) is 10.1. The van der Waals surface area contributed by atoms with Crippen LogP contribution in [0.25, 0.3) is 34.1 Å². The molecule has 0 fully saturated rings. The van der Waals surface area contributed by atoms with E-state index in [4.69, 9.17) is 9.97 Å². The molecule has 0 unspecified atom stereocenters. The molecule has 198 valence electrons. The third kappa shape index (κ3) is 4.69. The van der Waals surface area contributed by atoms with Crippen LogP contribution in [0.1, 0.15) is 22.3 Å². The van der Waals surface area contributed by atoms with Crippen LogP contribution in [0.15, 0.2) is 83.9 Å². The first-order valence-electron chi connectivity index (χ1n) is 12.5. The van der Waals surface area contributed by atoms with Crippen LogP contribution < -0.4 is 5.69 Å². The number of nitro benzene ring substituents is 1. The van der Waals surface area contributed by atoms with Gasteiger partial charge in [0, 0.05) is 17.7 Å². The Bertz CT molecular complexity index is 1880. The first-order chi connectivity index (χ1) is 19.4. The van der Waals surface area contributed by atoms with Crippen molar-refractivity contribution in [2.24, 2.45) is 0 Å². The van der Waals surface area contributed by atoms with Gasteiger partial charge in [0.05, 0.1) is 30.9 Å². The van der Waals surface area contributed by atoms with Gasteiger partial charge in [-0.15, -0.1) is 0 Å². The number of fused-ring (bicyclic) bond motifs is 3. The molecule has 11 heteroatoms. The smallest absolute Gasteiger partial charge is 0.350 e. The molecule has 1 aromatic heterocycles. The molecule has 0 saturated heterocycles. The molecule has 0 atom stereocenters. The second-order valence-corrected chi connectivity index (χ2v) is 9.51. The van der Waals surface area contributed by atoms with E-state index in [0.717, 1.165) is 22.3 Å². The van der Waals surface area contributed by atoms with Crippen molar-refractivity contribution in [3.05, 3.63) is 122 Å². The Hall–Kier alpha value is -5.29. The maximum Gasteiger partial charge on any atom is 0.350 e. The number of nitro groups is 1. The van der Waals surface area contributed by atoms with E-state index in [-0.39, 0.29) is 24.7 Å². The van der Waals surface area contributed by atoms with Gasteiger partial charge in [0.1, 0.15) is 11.2 Å². The molecule has 6 rings (SSSR count). The minimum Gasteiger partial charge on any atom is -0.392 e. The summed E-state index contributed by atoms with van der Waals surface area (Å²) >= 11 is 0. The van der Waals surface area contributed by atoms with Crippen LogP contribution in [0.3, 0.4) is 0 Å². The highest BCUT2D eigenvalue weighted by atomic mass is 16.6. The summed E-state index contributed by atoms with van der Waals surface area (Å²) in [6.07, 6.45) is 1.64. The van der Waals surface area contributed by atoms with E-state index in [1.54, 1.807) is 18.5 Å². The van der Waals surface area contributed by atoms with Gasteiger partial charge in [0.15, 0.2) is 17.3 Å². The number of aromatic nitrogens is 6. The molecule has 0 spiro atoms. The predicted molar refractivity (Wildman–Crippen MR) is 148 cm³/mol. The summed E-state index contributed by atoms with van der Waals surface area (Å²) in [6, 6.07) is 21.3. The molecule has 2 aliphatic rings. The third-order valence-corrected chi connectivity index (χ3v) is 6.72. The molecule has 4 aromatic rings. The third-order valence-electron chi connectivity index (χ3n) is 6.72. The summed E-state index contributed by atoms with van der Waals surface area (Å²) in [4.78, 5) is 42.4. The average molecular weight is 534 g/mol. The summed E-state index contributed by atoms with van der Waals surface area (Å²) < 4.78 is 3.32. The van der Waals surface area contributed by atoms with Crippen LogP contribution in [0.4, 0.5) is 5.69 Å². The van der Waals surface area contributed by atoms with Gasteiger partial charge in [-0.3, -0.25) is 14.7 Å². The molecule has 0 aliphatic carbocycles. The molecule has 0 radical (unpaired) electrons. The lowest BCUT2D eigenvalue weighted by atomic mass is 10.1. The number of aliphatic hydroxyl groups is 1. The standard InChI is InChI=1S/C29H23N7O4/c1-18-2-4-20(5-3-18)15-35-28-25(31-29(35)38)24-27(32-26(33-28)22-10-12-23(13-11-22)36(39)40)34(17-30-24)14-19-6-8-21(16-37)9-7-19/h2-13,17,37H,14-16H2,1H3. The maximum atomic E-state index is 13.1. The zero-order valence-electron chi connectivity index (χ0n) is 21.4. The Morgan fingerprint density at radius 1 is 0.850 bits per heavy atom. The van der Waals surface area contributed by atoms with Crippen molar-refractivity contribution in [2.75, 3.05) is 0 Å². The van der Waals surface area contributed by atoms with E-state index in [2.05, 4.69) is 9.97 Å². The van der Waals surface area contributed by atoms with Crippen molar-refractivity contribution in [3.8, 4) is 22.9 Å². The van der Waals surface area contributed by atoms with Crippen molar-refractivity contribution in [1.82, 2.24) is 29.1 Å². The predicted octanol–water partition coefficient (Wildman–Crippen LogP) is 3.96. The number of non-ortho nitro benzene ring substituents is 1. The second-order valence-electron chi connectivity index (χ2n) is 9.51. The molecule has 0 amide bonds. The van der Waals surface area contributed by atoms with E-state index in [1.807, 2.05) is 60.0 Å². The van der Waals surface area contributed by atoms with E-state index in [1.165, 1.54) is 16.7 Å². The Morgan fingerprint density at radius 2 is 1.50 bits per heavy atom. The van der Waals surface area contributed by atoms with Crippen LogP contribution in [0.5, 0.6) is 0 Å². The zero-order valence-corrected chi connectivity index (χ0v) is 21.4. The highest BCUT2D eigenvalue weighted by molar-refractivity contribution is 5.86. The minimum absolute atomic E-state index is 0.0449. The van der Waals surface area contributed by atoms with E-state index >= 15 is 0 Å². The fraction of sp³-hybridized carbons (Fsp3) is 0.138. The van der Waals surface area contributed by atoms with E-state index in [9.17, 15) is 20.0 Å². The first-order valence-corrected chi connectivity index (χ1v) is 12.5. The molecular weight excluding hydrogens is 510 g/mol. The molecule has 40 heavy (non-hydrogen) atoms. The molecule has 11 nitrogen and oxygen atoms in total. The fourth-order valence-electron chi connectivity index (χ4n) is 4.52. The summed E-state index contributed by atoms with van der Waals surface area (Å²) in [7, 11) is 0. The number of benzene rings is 3. The molecule has 3 aromatic carbocycles. The highest BCUT2D eigenvalue weighted by Gasteiger charge is 2.23. The SMILES string of the molecule is Cc1ccc(Cn2c3nc(-c4ccc([N+](=O)[O-])cc4)nc4c(ncn4Cc4ccc(CO)cc4)c-3nc2=O)cc1. The van der Waals surface area contributed by atoms with Crippen LogP contribution in [-0.2, 0) is 19.7 Å². The van der Waals surface area contributed by atoms with Crippen LogP contribution in [-0.4, -0.2) is 39.1 Å². The van der Waals surface area contributed by atoms with Crippen molar-refractivity contribution in [1.29, 1.82) is 0 Å². The Morgan fingerprint density at radius 3 is 2.17 bits per heavy atom. The summed E-state index contributed by atoms with van der Waals surface area (Å²) in [5.41, 5.74) is 5.01. The Kier molecular flexibility index (Phi) is 6.33. The summed E-state index contributed by atoms with van der Waals surface area (Å²) in [5.74, 6) is 0.594. The Balaban J connectivity index is 1.53. The van der Waals surface area contributed by atoms with Gasteiger partial charge in [0.2, 0.25) is 0 Å². The first kappa shape index (κ1) is 25.0. The van der Waals surface area contributed by atoms with Gasteiger partial charge < -0.3 is 9.67 Å². The quantitative estimate of drug-likeness (QED) is 0.240. The molecule has 0 bridgehead atoms. The van der Waals surface area contributed by atoms with Gasteiger partial charge in [-0.2, -0.15) is 4.98 Å².